The van der Waals surface area contributed by atoms with Gasteiger partial charge in [0.15, 0.2) is 0 Å². The SMILES string of the molecule is COc1ccc(CN2CCC(CN(C(=O)c3cc4ccccc4[nH]3)C(C)C)CC2)cc1. The Hall–Kier alpha value is -2.79. The smallest absolute Gasteiger partial charge is 0.270 e. The molecule has 1 aliphatic heterocycles. The second-order valence-electron chi connectivity index (χ2n) is 8.89. The molecule has 31 heavy (non-hydrogen) atoms. The van der Waals surface area contributed by atoms with Gasteiger partial charge in [0.25, 0.3) is 5.91 Å². The van der Waals surface area contributed by atoms with Gasteiger partial charge in [0, 0.05) is 30.0 Å². The lowest BCUT2D eigenvalue weighted by molar-refractivity contribution is 0.0620. The van der Waals surface area contributed by atoms with Crippen molar-refractivity contribution in [3.8, 4) is 5.75 Å². The Labute approximate surface area is 185 Å². The van der Waals surface area contributed by atoms with Gasteiger partial charge in [0.05, 0.1) is 7.11 Å². The van der Waals surface area contributed by atoms with E-state index in [1.165, 1.54) is 5.56 Å². The Morgan fingerprint density at radius 2 is 1.84 bits per heavy atom. The fourth-order valence-electron chi connectivity index (χ4n) is 4.47. The summed E-state index contributed by atoms with van der Waals surface area (Å²) in [6.45, 7) is 8.16. The first-order valence-corrected chi connectivity index (χ1v) is 11.3. The van der Waals surface area contributed by atoms with Crippen molar-refractivity contribution in [3.05, 3.63) is 65.9 Å². The number of ether oxygens (including phenoxy) is 1. The van der Waals surface area contributed by atoms with Gasteiger partial charge in [0.2, 0.25) is 0 Å². The molecule has 0 saturated carbocycles. The van der Waals surface area contributed by atoms with Crippen LogP contribution >= 0.6 is 0 Å². The first-order chi connectivity index (χ1) is 15.0. The Morgan fingerprint density at radius 3 is 2.48 bits per heavy atom. The van der Waals surface area contributed by atoms with Crippen molar-refractivity contribution in [2.75, 3.05) is 26.7 Å². The standard InChI is InChI=1S/C26H33N3O2/c1-19(2)29(26(30)25-16-22-6-4-5-7-24(22)27-25)18-21-12-14-28(15-13-21)17-20-8-10-23(31-3)11-9-20/h4-11,16,19,21,27H,12-15,17-18H2,1-3H3. The number of aromatic amines is 1. The number of para-hydroxylation sites is 1. The molecule has 4 rings (SSSR count). The van der Waals surface area contributed by atoms with Crippen molar-refractivity contribution in [2.45, 2.75) is 39.3 Å². The molecule has 0 atom stereocenters. The predicted molar refractivity (Wildman–Crippen MR) is 125 cm³/mol. The normalized spacial score (nSPS) is 15.5. The number of piperidine rings is 1. The van der Waals surface area contributed by atoms with Crippen LogP contribution in [0.25, 0.3) is 10.9 Å². The van der Waals surface area contributed by atoms with E-state index in [1.807, 2.05) is 47.4 Å². The van der Waals surface area contributed by atoms with E-state index >= 15 is 0 Å². The highest BCUT2D eigenvalue weighted by molar-refractivity contribution is 5.98. The minimum Gasteiger partial charge on any atom is -0.497 e. The second-order valence-corrected chi connectivity index (χ2v) is 8.89. The fourth-order valence-corrected chi connectivity index (χ4v) is 4.47. The zero-order valence-corrected chi connectivity index (χ0v) is 18.8. The third kappa shape index (κ3) is 5.10. The molecule has 164 valence electrons. The van der Waals surface area contributed by atoms with E-state index in [2.05, 4.69) is 35.9 Å². The van der Waals surface area contributed by atoms with E-state index in [0.717, 1.165) is 55.7 Å². The van der Waals surface area contributed by atoms with E-state index in [1.54, 1.807) is 7.11 Å². The van der Waals surface area contributed by atoms with Crippen molar-refractivity contribution in [1.29, 1.82) is 0 Å². The maximum absolute atomic E-state index is 13.3. The molecule has 1 amide bonds. The fraction of sp³-hybridized carbons (Fsp3) is 0.423. The van der Waals surface area contributed by atoms with Crippen LogP contribution in [0.1, 0.15) is 42.7 Å². The number of benzene rings is 2. The minimum atomic E-state index is 0.104. The number of amides is 1. The molecule has 0 aliphatic carbocycles. The van der Waals surface area contributed by atoms with E-state index < -0.39 is 0 Å². The molecule has 5 nitrogen and oxygen atoms in total. The number of likely N-dealkylation sites (tertiary alicyclic amines) is 1. The lowest BCUT2D eigenvalue weighted by Crippen LogP contribution is -2.43. The number of aromatic nitrogens is 1. The van der Waals surface area contributed by atoms with Crippen LogP contribution in [-0.4, -0.2) is 53.5 Å². The summed E-state index contributed by atoms with van der Waals surface area (Å²) in [5, 5.41) is 1.08. The van der Waals surface area contributed by atoms with Crippen molar-refractivity contribution in [1.82, 2.24) is 14.8 Å². The van der Waals surface area contributed by atoms with Crippen LogP contribution in [-0.2, 0) is 6.54 Å². The summed E-state index contributed by atoms with van der Waals surface area (Å²) in [5.41, 5.74) is 3.02. The molecule has 2 heterocycles. The molecule has 1 aliphatic rings. The molecular formula is C26H33N3O2. The molecule has 5 heteroatoms. The number of nitrogens with zero attached hydrogens (tertiary/aromatic N) is 2. The number of carbonyl (C=O) groups is 1. The summed E-state index contributed by atoms with van der Waals surface area (Å²) < 4.78 is 5.25. The first kappa shape index (κ1) is 21.4. The molecule has 1 saturated heterocycles. The van der Waals surface area contributed by atoms with E-state index in [4.69, 9.17) is 4.74 Å². The average Bonchev–Trinajstić information content (AvgIpc) is 3.23. The number of nitrogens with one attached hydrogen (secondary N) is 1. The Balaban J connectivity index is 1.34. The first-order valence-electron chi connectivity index (χ1n) is 11.3. The molecule has 0 radical (unpaired) electrons. The van der Waals surface area contributed by atoms with E-state index in [-0.39, 0.29) is 11.9 Å². The summed E-state index contributed by atoms with van der Waals surface area (Å²) in [7, 11) is 1.70. The summed E-state index contributed by atoms with van der Waals surface area (Å²) in [6.07, 6.45) is 2.25. The molecular weight excluding hydrogens is 386 g/mol. The number of methoxy groups -OCH3 is 1. The van der Waals surface area contributed by atoms with Gasteiger partial charge in [-0.15, -0.1) is 0 Å². The lowest BCUT2D eigenvalue weighted by Gasteiger charge is -2.36. The van der Waals surface area contributed by atoms with Crippen molar-refractivity contribution in [2.24, 2.45) is 5.92 Å². The third-order valence-corrected chi connectivity index (χ3v) is 6.37. The zero-order valence-electron chi connectivity index (χ0n) is 18.8. The van der Waals surface area contributed by atoms with Gasteiger partial charge >= 0.3 is 0 Å². The van der Waals surface area contributed by atoms with Gasteiger partial charge in [-0.3, -0.25) is 9.69 Å². The van der Waals surface area contributed by atoms with Crippen LogP contribution in [0.4, 0.5) is 0 Å². The summed E-state index contributed by atoms with van der Waals surface area (Å²) in [4.78, 5) is 21.1. The highest BCUT2D eigenvalue weighted by atomic mass is 16.5. The highest BCUT2D eigenvalue weighted by Gasteiger charge is 2.26. The lowest BCUT2D eigenvalue weighted by atomic mass is 9.95. The average molecular weight is 420 g/mol. The van der Waals surface area contributed by atoms with Crippen LogP contribution in [0.5, 0.6) is 5.75 Å². The van der Waals surface area contributed by atoms with Gasteiger partial charge in [-0.05, 0) is 75.5 Å². The Morgan fingerprint density at radius 1 is 1.13 bits per heavy atom. The van der Waals surface area contributed by atoms with Crippen LogP contribution in [0, 0.1) is 5.92 Å². The largest absolute Gasteiger partial charge is 0.497 e. The van der Waals surface area contributed by atoms with Gasteiger partial charge in [-0.25, -0.2) is 0 Å². The monoisotopic (exact) mass is 419 g/mol. The van der Waals surface area contributed by atoms with Gasteiger partial charge < -0.3 is 14.6 Å². The van der Waals surface area contributed by atoms with Crippen LogP contribution in [0.3, 0.4) is 0 Å². The number of rotatable bonds is 7. The van der Waals surface area contributed by atoms with Crippen LogP contribution < -0.4 is 4.74 Å². The van der Waals surface area contributed by atoms with Gasteiger partial charge in [-0.2, -0.15) is 0 Å². The Kier molecular flexibility index (Phi) is 6.62. The van der Waals surface area contributed by atoms with Gasteiger partial charge in [-0.1, -0.05) is 30.3 Å². The second kappa shape index (κ2) is 9.56. The molecule has 1 aromatic heterocycles. The maximum Gasteiger partial charge on any atom is 0.270 e. The van der Waals surface area contributed by atoms with E-state index in [9.17, 15) is 4.79 Å². The highest BCUT2D eigenvalue weighted by Crippen LogP contribution is 2.23. The van der Waals surface area contributed by atoms with Crippen molar-refractivity contribution < 1.29 is 9.53 Å². The molecule has 3 aromatic rings. The number of H-pyrrole nitrogens is 1. The minimum absolute atomic E-state index is 0.104. The Bertz CT molecular complexity index is 968. The summed E-state index contributed by atoms with van der Waals surface area (Å²) in [6, 6.07) is 18.6. The molecule has 0 bridgehead atoms. The molecule has 0 unspecified atom stereocenters. The number of hydrogen-bond donors (Lipinski definition) is 1. The number of hydrogen-bond acceptors (Lipinski definition) is 3. The molecule has 1 fully saturated rings. The quantitative estimate of drug-likeness (QED) is 0.590. The molecule has 2 aromatic carbocycles. The van der Waals surface area contributed by atoms with Crippen molar-refractivity contribution in [3.63, 3.8) is 0 Å². The predicted octanol–water partition coefficient (Wildman–Crippen LogP) is 4.94. The molecule has 1 N–H and O–H groups in total. The zero-order chi connectivity index (χ0) is 21.8. The van der Waals surface area contributed by atoms with Crippen LogP contribution in [0.2, 0.25) is 0 Å². The third-order valence-electron chi connectivity index (χ3n) is 6.37. The summed E-state index contributed by atoms with van der Waals surface area (Å²) in [5.74, 6) is 1.55. The number of carbonyl (C=O) groups excluding carboxylic acids is 1. The summed E-state index contributed by atoms with van der Waals surface area (Å²) >= 11 is 0. The topological polar surface area (TPSA) is 48.6 Å². The van der Waals surface area contributed by atoms with Crippen molar-refractivity contribution >= 4 is 16.8 Å². The van der Waals surface area contributed by atoms with Crippen LogP contribution in [0.15, 0.2) is 54.6 Å². The van der Waals surface area contributed by atoms with Gasteiger partial charge in [0.1, 0.15) is 11.4 Å². The van der Waals surface area contributed by atoms with E-state index in [0.29, 0.717) is 11.6 Å². The number of fused-ring (bicyclic) bond motifs is 1. The maximum atomic E-state index is 13.3. The molecule has 0 spiro atoms.